The van der Waals surface area contributed by atoms with E-state index in [4.69, 9.17) is 0 Å². The molecule has 0 unspecified atom stereocenters. The molecule has 0 atom stereocenters. The van der Waals surface area contributed by atoms with Gasteiger partial charge in [0, 0.05) is 9.40 Å². The summed E-state index contributed by atoms with van der Waals surface area (Å²) in [6, 6.07) is 13.1. The molecule has 0 radical (unpaired) electrons. The molecule has 3 heterocycles. The predicted molar refractivity (Wildman–Crippen MR) is 80.6 cm³/mol. The van der Waals surface area contributed by atoms with Crippen LogP contribution in [0, 0.1) is 0 Å². The fourth-order valence-corrected chi connectivity index (χ4v) is 4.23. The van der Waals surface area contributed by atoms with Gasteiger partial charge in [0.05, 0.1) is 0 Å². The van der Waals surface area contributed by atoms with Gasteiger partial charge in [0.2, 0.25) is 0 Å². The molecule has 0 bridgehead atoms. The van der Waals surface area contributed by atoms with Crippen molar-refractivity contribution in [2.75, 3.05) is 0 Å². The first-order valence-corrected chi connectivity index (χ1v) is 8.99. The Labute approximate surface area is 114 Å². The average Bonchev–Trinajstić information content (AvgIpc) is 3.09. The van der Waals surface area contributed by atoms with Gasteiger partial charge in [-0.2, -0.15) is 0 Å². The molecule has 4 rings (SSSR count). The SMILES string of the molecule is c1cc2cc3sccc3cc2s1.c1cc[se]c1. The standard InChI is InChI=1S/C10H6S2.C4H4Se/c1-3-11-9-6-8-2-4-12-10(8)5-7(1)9;1-2-4-5-3-1/h1-6H;1-4H. The molecule has 3 aromatic heterocycles. The fourth-order valence-electron chi connectivity index (χ4n) is 1.64. The van der Waals surface area contributed by atoms with E-state index in [2.05, 4.69) is 57.0 Å². The van der Waals surface area contributed by atoms with E-state index in [1.54, 1.807) is 0 Å². The van der Waals surface area contributed by atoms with Crippen molar-refractivity contribution in [3.05, 3.63) is 57.0 Å². The first-order valence-electron chi connectivity index (χ1n) is 5.25. The summed E-state index contributed by atoms with van der Waals surface area (Å²) in [6.45, 7) is 0. The van der Waals surface area contributed by atoms with Crippen LogP contribution in [0.15, 0.2) is 57.0 Å². The van der Waals surface area contributed by atoms with Crippen LogP contribution < -0.4 is 0 Å². The summed E-state index contributed by atoms with van der Waals surface area (Å²) in [5, 5.41) is 7.03. The zero-order chi connectivity index (χ0) is 11.5. The summed E-state index contributed by atoms with van der Waals surface area (Å²) in [7, 11) is 0. The van der Waals surface area contributed by atoms with E-state index < -0.39 is 0 Å². The Bertz CT molecular complexity index is 596. The molecule has 0 aliphatic carbocycles. The van der Waals surface area contributed by atoms with Gasteiger partial charge in [-0.25, -0.2) is 0 Å². The van der Waals surface area contributed by atoms with Gasteiger partial charge < -0.3 is 0 Å². The summed E-state index contributed by atoms with van der Waals surface area (Å²) in [6.07, 6.45) is 0. The first-order chi connectivity index (χ1) is 8.43. The van der Waals surface area contributed by atoms with Crippen molar-refractivity contribution in [3.8, 4) is 0 Å². The molecule has 0 aliphatic heterocycles. The molecule has 0 amide bonds. The average molecular weight is 321 g/mol. The zero-order valence-electron chi connectivity index (χ0n) is 9.00. The molecular weight excluding hydrogens is 311 g/mol. The topological polar surface area (TPSA) is 0 Å². The molecule has 0 N–H and O–H groups in total. The predicted octanol–water partition coefficient (Wildman–Crippen LogP) is 4.86. The first kappa shape index (κ1) is 11.2. The molecule has 0 spiro atoms. The van der Waals surface area contributed by atoms with Crippen LogP contribution >= 0.6 is 22.7 Å². The van der Waals surface area contributed by atoms with Crippen LogP contribution in [-0.4, -0.2) is 14.5 Å². The van der Waals surface area contributed by atoms with E-state index in [1.807, 2.05) is 22.7 Å². The van der Waals surface area contributed by atoms with E-state index in [9.17, 15) is 0 Å². The van der Waals surface area contributed by atoms with E-state index in [0.29, 0.717) is 14.5 Å². The summed E-state index contributed by atoms with van der Waals surface area (Å²) in [5.41, 5.74) is 0. The quantitative estimate of drug-likeness (QED) is 0.406. The van der Waals surface area contributed by atoms with Crippen LogP contribution in [-0.2, 0) is 0 Å². The molecule has 0 aliphatic rings. The number of rotatable bonds is 0. The van der Waals surface area contributed by atoms with Gasteiger partial charge in [-0.05, 0) is 45.8 Å². The number of hydrogen-bond acceptors (Lipinski definition) is 2. The second kappa shape index (κ2) is 5.19. The number of fused-ring (bicyclic) bond motifs is 2. The Morgan fingerprint density at radius 1 is 0.765 bits per heavy atom. The van der Waals surface area contributed by atoms with E-state index in [0.717, 1.165) is 0 Å². The Kier molecular flexibility index (Phi) is 3.44. The van der Waals surface area contributed by atoms with E-state index in [1.165, 1.54) is 20.2 Å². The van der Waals surface area contributed by atoms with Crippen LogP contribution in [0.4, 0.5) is 0 Å². The van der Waals surface area contributed by atoms with Crippen LogP contribution in [0.2, 0.25) is 0 Å². The number of benzene rings is 1. The second-order valence-corrected chi connectivity index (χ2v) is 7.17. The van der Waals surface area contributed by atoms with Crippen molar-refractivity contribution in [3.63, 3.8) is 0 Å². The van der Waals surface area contributed by atoms with Gasteiger partial charge in [0.25, 0.3) is 0 Å². The third-order valence-electron chi connectivity index (χ3n) is 2.45. The minimum absolute atomic E-state index is 0.708. The van der Waals surface area contributed by atoms with Crippen molar-refractivity contribution in [1.29, 1.82) is 0 Å². The monoisotopic (exact) mass is 322 g/mol. The summed E-state index contributed by atoms with van der Waals surface area (Å²) >= 11 is 4.33. The molecule has 0 fully saturated rings. The molecule has 4 aromatic rings. The molecule has 0 saturated carbocycles. The molecule has 0 saturated heterocycles. The Hall–Kier alpha value is -0.861. The van der Waals surface area contributed by atoms with Gasteiger partial charge in [-0.15, -0.1) is 22.7 Å². The Balaban J connectivity index is 0.000000153. The number of hydrogen-bond donors (Lipinski definition) is 0. The number of thiophene rings is 2. The van der Waals surface area contributed by atoms with E-state index in [-0.39, 0.29) is 0 Å². The molecule has 3 heteroatoms. The minimum atomic E-state index is 0.708. The van der Waals surface area contributed by atoms with Crippen molar-refractivity contribution in [2.24, 2.45) is 0 Å². The van der Waals surface area contributed by atoms with Crippen molar-refractivity contribution >= 4 is 57.3 Å². The summed E-state index contributed by atoms with van der Waals surface area (Å²) < 4.78 is 2.78. The normalized spacial score (nSPS) is 10.4. The Morgan fingerprint density at radius 2 is 1.29 bits per heavy atom. The molecule has 0 nitrogen and oxygen atoms in total. The van der Waals surface area contributed by atoms with Gasteiger partial charge in [0.1, 0.15) is 0 Å². The van der Waals surface area contributed by atoms with Crippen molar-refractivity contribution < 1.29 is 0 Å². The third-order valence-corrected chi connectivity index (χ3v) is 5.53. The van der Waals surface area contributed by atoms with Gasteiger partial charge in [-0.3, -0.25) is 0 Å². The summed E-state index contributed by atoms with van der Waals surface area (Å²) in [5.74, 6) is 0. The zero-order valence-corrected chi connectivity index (χ0v) is 12.3. The molecule has 1 aromatic carbocycles. The summed E-state index contributed by atoms with van der Waals surface area (Å²) in [4.78, 5) is 4.38. The molecule has 84 valence electrons. The van der Waals surface area contributed by atoms with Gasteiger partial charge in [-0.1, -0.05) is 0 Å². The van der Waals surface area contributed by atoms with Gasteiger partial charge in [0.15, 0.2) is 0 Å². The van der Waals surface area contributed by atoms with Crippen LogP contribution in [0.3, 0.4) is 0 Å². The molecular formula is C14H10S2Se. The second-order valence-electron chi connectivity index (χ2n) is 3.56. The van der Waals surface area contributed by atoms with E-state index >= 15 is 0 Å². The fraction of sp³-hybridized carbons (Fsp3) is 0. The van der Waals surface area contributed by atoms with Gasteiger partial charge >= 0.3 is 36.5 Å². The van der Waals surface area contributed by atoms with Crippen LogP contribution in [0.25, 0.3) is 20.2 Å². The third kappa shape index (κ3) is 2.53. The van der Waals surface area contributed by atoms with Crippen LogP contribution in [0.1, 0.15) is 0 Å². The van der Waals surface area contributed by atoms with Crippen molar-refractivity contribution in [1.82, 2.24) is 0 Å². The maximum absolute atomic E-state index is 2.27. The maximum atomic E-state index is 2.27. The van der Waals surface area contributed by atoms with Crippen molar-refractivity contribution in [2.45, 2.75) is 0 Å². The van der Waals surface area contributed by atoms with Crippen LogP contribution in [0.5, 0.6) is 0 Å². The Morgan fingerprint density at radius 3 is 1.71 bits per heavy atom. The molecule has 17 heavy (non-hydrogen) atoms.